The molecule has 0 aromatic heterocycles. The largest absolute Gasteiger partial charge is 0.504 e. The molecule has 0 aliphatic rings. The van der Waals surface area contributed by atoms with Gasteiger partial charge in [0.15, 0.2) is 5.75 Å². The van der Waals surface area contributed by atoms with Gasteiger partial charge >= 0.3 is 0 Å². The summed E-state index contributed by atoms with van der Waals surface area (Å²) in [6.45, 7) is 1.77. The van der Waals surface area contributed by atoms with Crippen molar-refractivity contribution in [2.24, 2.45) is 0 Å². The Morgan fingerprint density at radius 2 is 1.92 bits per heavy atom. The molecule has 0 aliphatic carbocycles. The van der Waals surface area contributed by atoms with Gasteiger partial charge in [-0.25, -0.2) is 0 Å². The van der Waals surface area contributed by atoms with Crippen molar-refractivity contribution in [3.8, 4) is 11.5 Å². The normalized spacial score (nSPS) is 9.83. The van der Waals surface area contributed by atoms with Gasteiger partial charge in [0.1, 0.15) is 11.4 Å². The minimum Gasteiger partial charge on any atom is -0.504 e. The minimum atomic E-state index is -0.105. The van der Waals surface area contributed by atoms with Crippen LogP contribution in [0.25, 0.3) is 0 Å². The van der Waals surface area contributed by atoms with Gasteiger partial charge in [-0.05, 0) is 18.6 Å². The molecule has 0 unspecified atom stereocenters. The number of phenolic OH excluding ortho intramolecular Hbond substituents is 1. The zero-order valence-electron chi connectivity index (χ0n) is 7.09. The number of phenols is 1. The predicted octanol–water partition coefficient (Wildman–Crippen LogP) is 0.874. The van der Waals surface area contributed by atoms with Crippen molar-refractivity contribution in [3.63, 3.8) is 0 Å². The lowest BCUT2D eigenvalue weighted by Gasteiger charge is -2.10. The van der Waals surface area contributed by atoms with Gasteiger partial charge in [-0.2, -0.15) is 0 Å². The molecule has 0 bridgehead atoms. The Hall–Kier alpha value is -1.58. The van der Waals surface area contributed by atoms with Crippen molar-refractivity contribution in [1.82, 2.24) is 0 Å². The van der Waals surface area contributed by atoms with Crippen molar-refractivity contribution in [3.05, 3.63) is 11.6 Å². The van der Waals surface area contributed by atoms with Crippen LogP contribution in [-0.2, 0) is 0 Å². The molecule has 1 rings (SSSR count). The molecule has 0 amide bonds. The van der Waals surface area contributed by atoms with Crippen LogP contribution in [-0.4, -0.2) is 12.2 Å². The average molecular weight is 168 g/mol. The molecule has 0 fully saturated rings. The summed E-state index contributed by atoms with van der Waals surface area (Å²) in [5.41, 5.74) is 12.3. The van der Waals surface area contributed by atoms with Crippen molar-refractivity contribution >= 4 is 11.4 Å². The lowest BCUT2D eigenvalue weighted by atomic mass is 10.1. The molecule has 0 aliphatic heterocycles. The quantitative estimate of drug-likeness (QED) is 0.429. The van der Waals surface area contributed by atoms with Crippen LogP contribution >= 0.6 is 0 Å². The molecule has 0 heterocycles. The van der Waals surface area contributed by atoms with Gasteiger partial charge < -0.3 is 21.3 Å². The van der Waals surface area contributed by atoms with Gasteiger partial charge in [0.05, 0.1) is 12.8 Å². The number of nitrogens with two attached hydrogens (primary N) is 2. The summed E-state index contributed by atoms with van der Waals surface area (Å²) in [6.07, 6.45) is 0. The number of aromatic hydroxyl groups is 1. The number of anilines is 2. The number of nitrogen functional groups attached to an aromatic ring is 2. The molecule has 5 N–H and O–H groups in total. The van der Waals surface area contributed by atoms with Gasteiger partial charge in [-0.1, -0.05) is 0 Å². The smallest absolute Gasteiger partial charge is 0.165 e. The van der Waals surface area contributed by atoms with E-state index >= 15 is 0 Å². The molecular weight excluding hydrogens is 156 g/mol. The van der Waals surface area contributed by atoms with E-state index in [2.05, 4.69) is 0 Å². The maximum Gasteiger partial charge on any atom is 0.165 e. The summed E-state index contributed by atoms with van der Waals surface area (Å²) in [5.74, 6) is 0.339. The van der Waals surface area contributed by atoms with E-state index in [0.717, 1.165) is 5.56 Å². The van der Waals surface area contributed by atoms with E-state index in [1.165, 1.54) is 7.11 Å². The fourth-order valence-corrected chi connectivity index (χ4v) is 0.970. The highest BCUT2D eigenvalue weighted by molar-refractivity contribution is 5.75. The summed E-state index contributed by atoms with van der Waals surface area (Å²) in [7, 11) is 1.49. The summed E-state index contributed by atoms with van der Waals surface area (Å²) in [5, 5.41) is 9.37. The number of hydrogen-bond acceptors (Lipinski definition) is 4. The Balaban J connectivity index is 3.39. The molecule has 4 heteroatoms. The van der Waals surface area contributed by atoms with Crippen LogP contribution in [0, 0.1) is 6.92 Å². The molecule has 0 spiro atoms. The number of rotatable bonds is 1. The molecule has 0 saturated heterocycles. The Kier molecular flexibility index (Phi) is 1.99. The lowest BCUT2D eigenvalue weighted by Crippen LogP contribution is -1.98. The number of aryl methyl sites for hydroxylation is 1. The first-order valence-electron chi connectivity index (χ1n) is 3.49. The highest BCUT2D eigenvalue weighted by Crippen LogP contribution is 2.37. The van der Waals surface area contributed by atoms with Crippen LogP contribution in [0.1, 0.15) is 5.56 Å². The van der Waals surface area contributed by atoms with Gasteiger partial charge in [-0.3, -0.25) is 0 Å². The first kappa shape index (κ1) is 8.52. The molecule has 1 aromatic rings. The number of benzene rings is 1. The zero-order valence-corrected chi connectivity index (χ0v) is 7.09. The SMILES string of the molecule is COc1cc(C)c(N)c(O)c1N. The topological polar surface area (TPSA) is 81.5 Å². The monoisotopic (exact) mass is 168 g/mol. The second-order valence-corrected chi connectivity index (χ2v) is 2.57. The highest BCUT2D eigenvalue weighted by atomic mass is 16.5. The molecule has 66 valence electrons. The molecule has 0 atom stereocenters. The van der Waals surface area contributed by atoms with Crippen LogP contribution in [0.2, 0.25) is 0 Å². The number of ether oxygens (including phenoxy) is 1. The summed E-state index contributed by atoms with van der Waals surface area (Å²) in [4.78, 5) is 0. The van der Waals surface area contributed by atoms with Crippen LogP contribution in [0.15, 0.2) is 6.07 Å². The van der Waals surface area contributed by atoms with Gasteiger partial charge in [0.25, 0.3) is 0 Å². The third-order valence-electron chi connectivity index (χ3n) is 1.77. The van der Waals surface area contributed by atoms with E-state index in [1.807, 2.05) is 0 Å². The Bertz CT molecular complexity index is 310. The minimum absolute atomic E-state index is 0.105. The zero-order chi connectivity index (χ0) is 9.30. The molecule has 4 nitrogen and oxygen atoms in total. The average Bonchev–Trinajstić information content (AvgIpc) is 2.08. The van der Waals surface area contributed by atoms with Crippen molar-refractivity contribution in [2.45, 2.75) is 6.92 Å². The molecule has 1 aromatic carbocycles. The van der Waals surface area contributed by atoms with Crippen LogP contribution in [0.4, 0.5) is 11.4 Å². The van der Waals surface area contributed by atoms with E-state index in [0.29, 0.717) is 11.4 Å². The summed E-state index contributed by atoms with van der Waals surface area (Å²) < 4.78 is 4.92. The number of methoxy groups -OCH3 is 1. The van der Waals surface area contributed by atoms with Crippen LogP contribution < -0.4 is 16.2 Å². The first-order chi connectivity index (χ1) is 5.57. The highest BCUT2D eigenvalue weighted by Gasteiger charge is 2.10. The van der Waals surface area contributed by atoms with Gasteiger partial charge in [-0.15, -0.1) is 0 Å². The van der Waals surface area contributed by atoms with Gasteiger partial charge in [0.2, 0.25) is 0 Å². The Labute approximate surface area is 70.7 Å². The molecule has 12 heavy (non-hydrogen) atoms. The first-order valence-corrected chi connectivity index (χ1v) is 3.49. The predicted molar refractivity (Wildman–Crippen MR) is 48.2 cm³/mol. The molecular formula is C8H12N2O2. The Morgan fingerprint density at radius 3 is 2.42 bits per heavy atom. The van der Waals surface area contributed by atoms with E-state index in [-0.39, 0.29) is 11.4 Å². The molecule has 0 saturated carbocycles. The van der Waals surface area contributed by atoms with E-state index < -0.39 is 0 Å². The van der Waals surface area contributed by atoms with E-state index in [4.69, 9.17) is 16.2 Å². The third kappa shape index (κ3) is 1.11. The summed E-state index contributed by atoms with van der Waals surface area (Å²) >= 11 is 0. The van der Waals surface area contributed by atoms with Crippen molar-refractivity contribution < 1.29 is 9.84 Å². The van der Waals surface area contributed by atoms with Crippen molar-refractivity contribution in [1.29, 1.82) is 0 Å². The van der Waals surface area contributed by atoms with Crippen LogP contribution in [0.5, 0.6) is 11.5 Å². The lowest BCUT2D eigenvalue weighted by molar-refractivity contribution is 0.411. The second-order valence-electron chi connectivity index (χ2n) is 2.57. The molecule has 0 radical (unpaired) electrons. The maximum absolute atomic E-state index is 9.37. The fourth-order valence-electron chi connectivity index (χ4n) is 0.970. The third-order valence-corrected chi connectivity index (χ3v) is 1.77. The van der Waals surface area contributed by atoms with Crippen LogP contribution in [0.3, 0.4) is 0 Å². The Morgan fingerprint density at radius 1 is 1.33 bits per heavy atom. The van der Waals surface area contributed by atoms with Crippen molar-refractivity contribution in [2.75, 3.05) is 18.6 Å². The van der Waals surface area contributed by atoms with Gasteiger partial charge in [0, 0.05) is 0 Å². The van der Waals surface area contributed by atoms with E-state index in [1.54, 1.807) is 13.0 Å². The van der Waals surface area contributed by atoms with E-state index in [9.17, 15) is 5.11 Å². The number of hydrogen-bond donors (Lipinski definition) is 3. The summed E-state index contributed by atoms with van der Waals surface area (Å²) in [6, 6.07) is 1.68. The maximum atomic E-state index is 9.37. The fraction of sp³-hybridized carbons (Fsp3) is 0.250. The second kappa shape index (κ2) is 2.81. The standard InChI is InChI=1S/C8H12N2O2/c1-4-3-5(12-2)7(10)8(11)6(4)9/h3,11H,9-10H2,1-2H3.